The van der Waals surface area contributed by atoms with Crippen LogP contribution in [0.5, 0.6) is 0 Å². The number of hydrogen-bond acceptors (Lipinski definition) is 8. The molecule has 3 heterocycles. The minimum atomic E-state index is 0.0468. The summed E-state index contributed by atoms with van der Waals surface area (Å²) in [5, 5.41) is 0. The van der Waals surface area contributed by atoms with Crippen molar-refractivity contribution in [2.24, 2.45) is 0 Å². The van der Waals surface area contributed by atoms with Crippen molar-refractivity contribution in [1.82, 2.24) is 0 Å². The molecule has 1 fully saturated rings. The molecular weight excluding hydrogens is 376 g/mol. The molecule has 8 nitrogen and oxygen atoms in total. The second kappa shape index (κ2) is 12.5. The third kappa shape index (κ3) is 7.74. The normalized spacial score (nSPS) is 22.2. The molecule has 1 aliphatic rings. The van der Waals surface area contributed by atoms with E-state index in [-0.39, 0.29) is 6.10 Å². The van der Waals surface area contributed by atoms with Crippen LogP contribution in [0.15, 0.2) is 45.6 Å². The van der Waals surface area contributed by atoms with E-state index in [0.717, 1.165) is 37.9 Å². The summed E-state index contributed by atoms with van der Waals surface area (Å²) in [7, 11) is 0. The van der Waals surface area contributed by atoms with E-state index in [0.29, 0.717) is 46.2 Å². The maximum atomic E-state index is 5.91. The molecule has 1 atom stereocenters. The van der Waals surface area contributed by atoms with Crippen molar-refractivity contribution in [1.29, 1.82) is 0 Å². The van der Waals surface area contributed by atoms with Crippen LogP contribution in [0.3, 0.4) is 0 Å². The van der Waals surface area contributed by atoms with Crippen molar-refractivity contribution in [2.45, 2.75) is 13.0 Å². The first-order valence-corrected chi connectivity index (χ1v) is 10.2. The Morgan fingerprint density at radius 1 is 0.690 bits per heavy atom. The fourth-order valence-corrected chi connectivity index (χ4v) is 3.14. The van der Waals surface area contributed by atoms with Gasteiger partial charge in [-0.15, -0.1) is 0 Å². The van der Waals surface area contributed by atoms with Crippen molar-refractivity contribution < 1.29 is 27.8 Å². The molecule has 0 saturated carbocycles. The van der Waals surface area contributed by atoms with E-state index in [1.807, 2.05) is 24.3 Å². The first kappa shape index (κ1) is 21.7. The third-order valence-corrected chi connectivity index (χ3v) is 4.63. The van der Waals surface area contributed by atoms with Crippen LogP contribution < -0.4 is 9.80 Å². The zero-order valence-electron chi connectivity index (χ0n) is 17.2. The highest BCUT2D eigenvalue weighted by atomic mass is 16.5. The quantitative estimate of drug-likeness (QED) is 0.751. The molecule has 0 radical (unpaired) electrons. The molecule has 162 valence electrons. The van der Waals surface area contributed by atoms with Crippen LogP contribution in [0.1, 0.15) is 6.92 Å². The van der Waals surface area contributed by atoms with Gasteiger partial charge in [0.15, 0.2) is 11.8 Å². The summed E-state index contributed by atoms with van der Waals surface area (Å²) in [6.45, 7) is 8.98. The number of rotatable bonds is 2. The Balaban J connectivity index is 1.49. The van der Waals surface area contributed by atoms with Gasteiger partial charge in [-0.3, -0.25) is 0 Å². The molecule has 1 aliphatic heterocycles. The second-order valence-electron chi connectivity index (χ2n) is 6.85. The molecule has 0 aliphatic carbocycles. The lowest BCUT2D eigenvalue weighted by molar-refractivity contribution is 0.0141. The SMILES string of the molecule is CC1CN(c2ccco2)CCOCCOCCN(c2ccco2)CCOCCO1. The summed E-state index contributed by atoms with van der Waals surface area (Å²) in [5.41, 5.74) is 0. The van der Waals surface area contributed by atoms with Crippen LogP contribution in [-0.4, -0.2) is 78.5 Å². The Hall–Kier alpha value is -2.00. The van der Waals surface area contributed by atoms with Gasteiger partial charge in [-0.05, 0) is 19.1 Å². The van der Waals surface area contributed by atoms with Gasteiger partial charge in [0.25, 0.3) is 0 Å². The third-order valence-electron chi connectivity index (χ3n) is 4.63. The van der Waals surface area contributed by atoms with Crippen molar-refractivity contribution in [3.63, 3.8) is 0 Å². The van der Waals surface area contributed by atoms with Crippen molar-refractivity contribution >= 4 is 11.8 Å². The average molecular weight is 408 g/mol. The summed E-state index contributed by atoms with van der Waals surface area (Å²) >= 11 is 0. The van der Waals surface area contributed by atoms with Crippen LogP contribution in [0.2, 0.25) is 0 Å². The van der Waals surface area contributed by atoms with Crippen LogP contribution >= 0.6 is 0 Å². The van der Waals surface area contributed by atoms with E-state index in [1.54, 1.807) is 12.5 Å². The van der Waals surface area contributed by atoms with Gasteiger partial charge in [-0.1, -0.05) is 0 Å². The molecule has 29 heavy (non-hydrogen) atoms. The molecule has 2 aromatic rings. The molecule has 0 amide bonds. The van der Waals surface area contributed by atoms with Gasteiger partial charge in [0.2, 0.25) is 0 Å². The van der Waals surface area contributed by atoms with E-state index in [1.165, 1.54) is 0 Å². The van der Waals surface area contributed by atoms with E-state index in [2.05, 4.69) is 16.7 Å². The van der Waals surface area contributed by atoms with Gasteiger partial charge in [0.1, 0.15) is 0 Å². The summed E-state index contributed by atoms with van der Waals surface area (Å²) in [6, 6.07) is 7.68. The number of nitrogens with zero attached hydrogens (tertiary/aromatic N) is 2. The van der Waals surface area contributed by atoms with Crippen LogP contribution in [0.4, 0.5) is 11.8 Å². The number of ether oxygens (including phenoxy) is 4. The molecule has 1 saturated heterocycles. The highest BCUT2D eigenvalue weighted by Crippen LogP contribution is 2.16. The van der Waals surface area contributed by atoms with Crippen LogP contribution in [-0.2, 0) is 18.9 Å². The average Bonchev–Trinajstić information content (AvgIpc) is 3.43. The molecule has 3 rings (SSSR count). The van der Waals surface area contributed by atoms with Gasteiger partial charge in [0.05, 0.1) is 64.9 Å². The summed E-state index contributed by atoms with van der Waals surface area (Å²) in [5.74, 6) is 1.65. The monoisotopic (exact) mass is 408 g/mol. The maximum Gasteiger partial charge on any atom is 0.195 e. The molecule has 1 unspecified atom stereocenters. The van der Waals surface area contributed by atoms with Gasteiger partial charge < -0.3 is 37.6 Å². The predicted octanol–water partition coefficient (Wildman–Crippen LogP) is 2.65. The fourth-order valence-electron chi connectivity index (χ4n) is 3.14. The highest BCUT2D eigenvalue weighted by Gasteiger charge is 2.14. The van der Waals surface area contributed by atoms with Crippen molar-refractivity contribution in [3.05, 3.63) is 36.8 Å². The number of hydrogen-bond donors (Lipinski definition) is 0. The highest BCUT2D eigenvalue weighted by molar-refractivity contribution is 5.35. The van der Waals surface area contributed by atoms with Crippen molar-refractivity contribution in [2.75, 3.05) is 82.2 Å². The second-order valence-corrected chi connectivity index (χ2v) is 6.85. The standard InChI is InChI=1S/C21H32N2O6/c1-19-18-23(21-5-3-10-29-21)8-13-25-15-14-24-11-6-22(20-4-2-9-28-20)7-12-26-16-17-27-19/h2-5,9-10,19H,6-8,11-18H2,1H3. The Morgan fingerprint density at radius 3 is 1.76 bits per heavy atom. The molecule has 0 bridgehead atoms. The Morgan fingerprint density at radius 2 is 1.21 bits per heavy atom. The van der Waals surface area contributed by atoms with Crippen LogP contribution in [0.25, 0.3) is 0 Å². The summed E-state index contributed by atoms with van der Waals surface area (Å²) in [6.07, 6.45) is 3.41. The lowest BCUT2D eigenvalue weighted by Gasteiger charge is -2.26. The molecular formula is C21H32N2O6. The summed E-state index contributed by atoms with van der Waals surface area (Å²) in [4.78, 5) is 4.26. The zero-order chi connectivity index (χ0) is 20.2. The van der Waals surface area contributed by atoms with E-state index in [9.17, 15) is 0 Å². The van der Waals surface area contributed by atoms with Crippen LogP contribution in [0, 0.1) is 0 Å². The number of furan rings is 2. The Kier molecular flexibility index (Phi) is 9.38. The lowest BCUT2D eigenvalue weighted by Crippen LogP contribution is -2.36. The molecule has 0 N–H and O–H groups in total. The van der Waals surface area contributed by atoms with Gasteiger partial charge in [-0.25, -0.2) is 0 Å². The number of anilines is 2. The molecule has 0 aromatic carbocycles. The minimum Gasteiger partial charge on any atom is -0.449 e. The van der Waals surface area contributed by atoms with E-state index >= 15 is 0 Å². The van der Waals surface area contributed by atoms with E-state index < -0.39 is 0 Å². The first-order valence-electron chi connectivity index (χ1n) is 10.2. The fraction of sp³-hybridized carbons (Fsp3) is 0.619. The molecule has 8 heteroatoms. The zero-order valence-corrected chi connectivity index (χ0v) is 17.2. The lowest BCUT2D eigenvalue weighted by atomic mass is 10.3. The predicted molar refractivity (Wildman–Crippen MR) is 110 cm³/mol. The largest absolute Gasteiger partial charge is 0.449 e. The Bertz CT molecular complexity index is 634. The van der Waals surface area contributed by atoms with E-state index in [4.69, 9.17) is 27.8 Å². The van der Waals surface area contributed by atoms with Crippen molar-refractivity contribution in [3.8, 4) is 0 Å². The molecule has 2 aromatic heterocycles. The first-order chi connectivity index (χ1) is 14.3. The smallest absolute Gasteiger partial charge is 0.195 e. The maximum absolute atomic E-state index is 5.91. The minimum absolute atomic E-state index is 0.0468. The molecule has 0 spiro atoms. The Labute approximate surface area is 172 Å². The summed E-state index contributed by atoms with van der Waals surface area (Å²) < 4.78 is 34.2. The van der Waals surface area contributed by atoms with Gasteiger partial charge in [-0.2, -0.15) is 0 Å². The topological polar surface area (TPSA) is 69.7 Å². The van der Waals surface area contributed by atoms with Gasteiger partial charge >= 0.3 is 0 Å². The van der Waals surface area contributed by atoms with Gasteiger partial charge in [0, 0.05) is 38.3 Å².